The minimum atomic E-state index is -0.290. The van der Waals surface area contributed by atoms with Crippen LogP contribution in [-0.4, -0.2) is 27.3 Å². The third-order valence-electron chi connectivity index (χ3n) is 5.24. The lowest BCUT2D eigenvalue weighted by Gasteiger charge is -2.30. The summed E-state index contributed by atoms with van der Waals surface area (Å²) in [5.74, 6) is 0.682. The number of carbonyl (C=O) groups excluding carboxylic acids is 1. The third kappa shape index (κ3) is 5.75. The van der Waals surface area contributed by atoms with Crippen LogP contribution in [-0.2, 0) is 24.2 Å². The number of carbonyl (C=O) groups is 1. The van der Waals surface area contributed by atoms with Crippen molar-refractivity contribution in [1.29, 1.82) is 0 Å². The number of halogens is 1. The second kappa shape index (κ2) is 8.47. The fourth-order valence-electron chi connectivity index (χ4n) is 4.11. The molecule has 1 aromatic carbocycles. The van der Waals surface area contributed by atoms with Crippen molar-refractivity contribution < 1.29 is 9.18 Å². The van der Waals surface area contributed by atoms with Gasteiger partial charge in [-0.25, -0.2) is 9.37 Å². The summed E-state index contributed by atoms with van der Waals surface area (Å²) in [5, 5.41) is 0. The van der Waals surface area contributed by atoms with Crippen LogP contribution in [0.2, 0.25) is 0 Å². The first-order valence-electron chi connectivity index (χ1n) is 10.2. The highest BCUT2D eigenvalue weighted by Crippen LogP contribution is 2.27. The van der Waals surface area contributed by atoms with Crippen LogP contribution in [0.4, 0.5) is 4.39 Å². The molecule has 1 amide bonds. The molecule has 1 aromatic heterocycles. The van der Waals surface area contributed by atoms with Gasteiger partial charge in [-0.2, -0.15) is 0 Å². The summed E-state index contributed by atoms with van der Waals surface area (Å²) < 4.78 is 13.1. The van der Waals surface area contributed by atoms with Gasteiger partial charge in [0.1, 0.15) is 11.6 Å². The molecule has 6 heteroatoms. The number of rotatable bonds is 5. The van der Waals surface area contributed by atoms with Gasteiger partial charge in [0.05, 0.1) is 17.8 Å². The summed E-state index contributed by atoms with van der Waals surface area (Å²) >= 11 is 0. The first-order chi connectivity index (χ1) is 13.6. The maximum absolute atomic E-state index is 13.1. The monoisotopic (exact) mass is 399 g/mol. The molecule has 0 bridgehead atoms. The van der Waals surface area contributed by atoms with E-state index in [4.69, 9.17) is 0 Å². The number of benzene rings is 1. The van der Waals surface area contributed by atoms with Crippen molar-refractivity contribution in [1.82, 2.24) is 14.9 Å². The Labute approximate surface area is 171 Å². The fourth-order valence-corrected chi connectivity index (χ4v) is 4.11. The van der Waals surface area contributed by atoms with E-state index in [2.05, 4.69) is 37.7 Å². The van der Waals surface area contributed by atoms with Crippen LogP contribution < -0.4 is 5.56 Å². The number of nitrogens with zero attached hydrogens (tertiary/aromatic N) is 2. The molecule has 1 atom stereocenters. The maximum atomic E-state index is 13.1. The lowest BCUT2D eigenvalue weighted by molar-refractivity contribution is -0.133. The summed E-state index contributed by atoms with van der Waals surface area (Å²) in [7, 11) is 0. The molecule has 0 radical (unpaired) electrons. The summed E-state index contributed by atoms with van der Waals surface area (Å²) in [6, 6.07) is 6.17. The van der Waals surface area contributed by atoms with Crippen LogP contribution in [0, 0.1) is 17.2 Å². The molecule has 29 heavy (non-hydrogen) atoms. The average Bonchev–Trinajstić information content (AvgIpc) is 2.62. The Morgan fingerprint density at radius 3 is 2.62 bits per heavy atom. The Hall–Kier alpha value is -2.50. The SMILES string of the molecule is C[C@H](CC(=O)N1CCc2nc(Cc3ccc(F)cc3)[nH]c(=O)c2C1)CC(C)(C)C. The van der Waals surface area contributed by atoms with Crippen molar-refractivity contribution in [3.63, 3.8) is 0 Å². The largest absolute Gasteiger partial charge is 0.338 e. The molecular weight excluding hydrogens is 369 g/mol. The van der Waals surface area contributed by atoms with Crippen molar-refractivity contribution in [3.8, 4) is 0 Å². The molecule has 2 aromatic rings. The number of hydrogen-bond acceptors (Lipinski definition) is 3. The van der Waals surface area contributed by atoms with Crippen LogP contribution in [0.1, 0.15) is 63.2 Å². The van der Waals surface area contributed by atoms with Crippen molar-refractivity contribution in [2.24, 2.45) is 11.3 Å². The van der Waals surface area contributed by atoms with Gasteiger partial charge >= 0.3 is 0 Å². The molecule has 0 spiro atoms. The normalized spacial score (nSPS) is 15.1. The first kappa shape index (κ1) is 21.2. The second-order valence-corrected chi connectivity index (χ2v) is 9.38. The molecule has 1 aliphatic heterocycles. The molecule has 0 saturated heterocycles. The van der Waals surface area contributed by atoms with Crippen LogP contribution in [0.15, 0.2) is 29.1 Å². The zero-order chi connectivity index (χ0) is 21.2. The molecule has 2 heterocycles. The summed E-state index contributed by atoms with van der Waals surface area (Å²) in [6.07, 6.45) is 2.50. The van der Waals surface area contributed by atoms with Crippen molar-refractivity contribution in [2.75, 3.05) is 6.54 Å². The molecule has 156 valence electrons. The number of aromatic nitrogens is 2. The molecule has 0 fully saturated rings. The molecule has 0 unspecified atom stereocenters. The van der Waals surface area contributed by atoms with Gasteiger partial charge in [0.25, 0.3) is 5.56 Å². The Kier molecular flexibility index (Phi) is 6.20. The van der Waals surface area contributed by atoms with Gasteiger partial charge in [-0.05, 0) is 35.4 Å². The predicted molar refractivity (Wildman–Crippen MR) is 111 cm³/mol. The second-order valence-electron chi connectivity index (χ2n) is 9.38. The van der Waals surface area contributed by atoms with Gasteiger partial charge in [0.15, 0.2) is 0 Å². The van der Waals surface area contributed by atoms with Crippen LogP contribution in [0.3, 0.4) is 0 Å². The molecule has 1 N–H and O–H groups in total. The smallest absolute Gasteiger partial charge is 0.256 e. The van der Waals surface area contributed by atoms with Gasteiger partial charge in [0, 0.05) is 25.8 Å². The Morgan fingerprint density at radius 1 is 1.28 bits per heavy atom. The van der Waals surface area contributed by atoms with Crippen molar-refractivity contribution >= 4 is 5.91 Å². The van der Waals surface area contributed by atoms with E-state index in [9.17, 15) is 14.0 Å². The Balaban J connectivity index is 1.68. The fraction of sp³-hybridized carbons (Fsp3) is 0.522. The number of fused-ring (bicyclic) bond motifs is 1. The molecule has 3 rings (SSSR count). The minimum Gasteiger partial charge on any atom is -0.338 e. The summed E-state index contributed by atoms with van der Waals surface area (Å²) in [6.45, 7) is 9.55. The summed E-state index contributed by atoms with van der Waals surface area (Å²) in [4.78, 5) is 34.5. The quantitative estimate of drug-likeness (QED) is 0.831. The molecule has 0 saturated carbocycles. The highest BCUT2D eigenvalue weighted by Gasteiger charge is 2.26. The van der Waals surface area contributed by atoms with Gasteiger partial charge < -0.3 is 9.88 Å². The number of H-pyrrole nitrogens is 1. The molecule has 0 aliphatic carbocycles. The first-order valence-corrected chi connectivity index (χ1v) is 10.2. The maximum Gasteiger partial charge on any atom is 0.256 e. The average molecular weight is 400 g/mol. The Morgan fingerprint density at radius 2 is 1.97 bits per heavy atom. The Bertz CT molecular complexity index is 929. The van der Waals surface area contributed by atoms with Gasteiger partial charge in [0.2, 0.25) is 5.91 Å². The molecular formula is C23H30FN3O2. The van der Waals surface area contributed by atoms with E-state index in [1.807, 2.05) is 0 Å². The topological polar surface area (TPSA) is 66.1 Å². The van der Waals surface area contributed by atoms with E-state index in [1.54, 1.807) is 17.0 Å². The van der Waals surface area contributed by atoms with Crippen molar-refractivity contribution in [2.45, 2.75) is 59.9 Å². The predicted octanol–water partition coefficient (Wildman–Crippen LogP) is 3.85. The highest BCUT2D eigenvalue weighted by atomic mass is 19.1. The number of amides is 1. The van der Waals surface area contributed by atoms with Gasteiger partial charge in [-0.3, -0.25) is 9.59 Å². The van der Waals surface area contributed by atoms with E-state index >= 15 is 0 Å². The van der Waals surface area contributed by atoms with Crippen LogP contribution in [0.25, 0.3) is 0 Å². The number of hydrogen-bond donors (Lipinski definition) is 1. The standard InChI is InChI=1S/C23H30FN3O2/c1-15(13-23(2,3)4)11-21(28)27-10-9-19-18(14-27)22(29)26-20(25-19)12-16-5-7-17(24)8-6-16/h5-8,15H,9-14H2,1-4H3,(H,25,26,29)/t15-/m1/s1. The van der Waals surface area contributed by atoms with E-state index in [-0.39, 0.29) is 22.7 Å². The minimum absolute atomic E-state index is 0.0992. The van der Waals surface area contributed by atoms with Gasteiger partial charge in [-0.15, -0.1) is 0 Å². The third-order valence-corrected chi connectivity index (χ3v) is 5.24. The number of nitrogens with one attached hydrogen (secondary N) is 1. The molecule has 5 nitrogen and oxygen atoms in total. The van der Waals surface area contributed by atoms with E-state index in [0.717, 1.165) is 17.7 Å². The van der Waals surface area contributed by atoms with E-state index in [0.29, 0.717) is 49.7 Å². The van der Waals surface area contributed by atoms with Crippen LogP contribution in [0.5, 0.6) is 0 Å². The van der Waals surface area contributed by atoms with E-state index < -0.39 is 0 Å². The lowest BCUT2D eigenvalue weighted by Crippen LogP contribution is -2.40. The zero-order valence-corrected chi connectivity index (χ0v) is 17.7. The summed E-state index contributed by atoms with van der Waals surface area (Å²) in [5.41, 5.74) is 2.23. The number of aromatic amines is 1. The highest BCUT2D eigenvalue weighted by molar-refractivity contribution is 5.76. The van der Waals surface area contributed by atoms with E-state index in [1.165, 1.54) is 12.1 Å². The zero-order valence-electron chi connectivity index (χ0n) is 17.7. The van der Waals surface area contributed by atoms with Crippen LogP contribution >= 0.6 is 0 Å². The lowest BCUT2D eigenvalue weighted by atomic mass is 9.84. The van der Waals surface area contributed by atoms with Crippen molar-refractivity contribution in [3.05, 3.63) is 63.1 Å². The molecule has 1 aliphatic rings. The van der Waals surface area contributed by atoms with Gasteiger partial charge in [-0.1, -0.05) is 39.8 Å².